The van der Waals surface area contributed by atoms with Crippen molar-refractivity contribution in [1.29, 1.82) is 0 Å². The van der Waals surface area contributed by atoms with Gasteiger partial charge in [-0.2, -0.15) is 0 Å². The molecule has 0 heterocycles. The van der Waals surface area contributed by atoms with Crippen LogP contribution in [-0.2, 0) is 23.8 Å². The van der Waals surface area contributed by atoms with E-state index in [4.69, 9.17) is 14.2 Å². The largest absolute Gasteiger partial charge is 0.462 e. The van der Waals surface area contributed by atoms with E-state index >= 15 is 0 Å². The van der Waals surface area contributed by atoms with Gasteiger partial charge in [-0.15, -0.1) is 0 Å². The number of hydrogen-bond donors (Lipinski definition) is 0. The Morgan fingerprint density at radius 3 is 0.984 bits per heavy atom. The molecule has 0 aromatic heterocycles. The molecule has 0 saturated heterocycles. The molecule has 0 N–H and O–H groups in total. The molecule has 0 rings (SSSR count). The fourth-order valence-electron chi connectivity index (χ4n) is 8.57. The van der Waals surface area contributed by atoms with Gasteiger partial charge < -0.3 is 14.2 Å². The summed E-state index contributed by atoms with van der Waals surface area (Å²) in [6.07, 6.45) is 62.4. The average molecular weight is 876 g/mol. The van der Waals surface area contributed by atoms with E-state index < -0.39 is 6.10 Å². The van der Waals surface area contributed by atoms with E-state index in [1.165, 1.54) is 250 Å². The summed E-state index contributed by atoms with van der Waals surface area (Å²) in [5.41, 5.74) is 0. The highest BCUT2D eigenvalue weighted by Crippen LogP contribution is 2.17. The Balaban J connectivity index is 4.06. The molecule has 368 valence electrons. The highest BCUT2D eigenvalue weighted by Gasteiger charge is 2.17. The van der Waals surface area contributed by atoms with E-state index in [2.05, 4.69) is 32.9 Å². The lowest BCUT2D eigenvalue weighted by molar-refractivity contribution is -0.163. The van der Waals surface area contributed by atoms with Crippen molar-refractivity contribution in [3.63, 3.8) is 0 Å². The van der Waals surface area contributed by atoms with Gasteiger partial charge in [0.25, 0.3) is 0 Å². The third-order valence-corrected chi connectivity index (χ3v) is 12.8. The van der Waals surface area contributed by atoms with Crippen LogP contribution in [0, 0.1) is 0 Å². The van der Waals surface area contributed by atoms with Crippen LogP contribution in [0.25, 0.3) is 0 Å². The second-order valence-electron chi connectivity index (χ2n) is 19.2. The molecular weight excluding hydrogens is 765 g/mol. The number of hydrogen-bond acceptors (Lipinski definition) is 5. The second kappa shape index (κ2) is 54.0. The molecule has 0 aliphatic rings. The summed E-state index contributed by atoms with van der Waals surface area (Å²) in [6.45, 7) is 7.88. The first-order valence-corrected chi connectivity index (χ1v) is 28.2. The monoisotopic (exact) mass is 875 g/mol. The number of allylic oxidation sites excluding steroid dienone is 2. The Kier molecular flexibility index (Phi) is 52.8. The van der Waals surface area contributed by atoms with Crippen LogP contribution in [0.2, 0.25) is 0 Å². The van der Waals surface area contributed by atoms with Gasteiger partial charge in [0.1, 0.15) is 6.61 Å². The van der Waals surface area contributed by atoms with Crippen molar-refractivity contribution in [1.82, 2.24) is 0 Å². The number of ether oxygens (including phenoxy) is 3. The summed E-state index contributed by atoms with van der Waals surface area (Å²) < 4.78 is 17.4. The lowest BCUT2D eigenvalue weighted by Gasteiger charge is -2.18. The minimum atomic E-state index is -0.526. The summed E-state index contributed by atoms with van der Waals surface area (Å²) in [5.74, 6) is -0.377. The third-order valence-electron chi connectivity index (χ3n) is 12.8. The topological polar surface area (TPSA) is 61.8 Å². The van der Waals surface area contributed by atoms with Gasteiger partial charge in [-0.1, -0.05) is 270 Å². The molecule has 0 amide bonds. The van der Waals surface area contributed by atoms with Crippen molar-refractivity contribution < 1.29 is 23.8 Å². The summed E-state index contributed by atoms with van der Waals surface area (Å²) in [7, 11) is 0. The lowest BCUT2D eigenvalue weighted by atomic mass is 10.0. The van der Waals surface area contributed by atoms with Gasteiger partial charge >= 0.3 is 11.9 Å². The zero-order valence-electron chi connectivity index (χ0n) is 42.4. The van der Waals surface area contributed by atoms with Gasteiger partial charge in [-0.05, 0) is 44.9 Å². The maximum atomic E-state index is 12.8. The van der Waals surface area contributed by atoms with Crippen molar-refractivity contribution in [3.05, 3.63) is 12.2 Å². The number of unbranched alkanes of at least 4 members (excludes halogenated alkanes) is 40. The van der Waals surface area contributed by atoms with E-state index in [1.807, 2.05) is 0 Å². The van der Waals surface area contributed by atoms with Crippen molar-refractivity contribution >= 4 is 11.9 Å². The molecule has 0 aliphatic heterocycles. The highest BCUT2D eigenvalue weighted by atomic mass is 16.6. The van der Waals surface area contributed by atoms with E-state index in [-0.39, 0.29) is 18.5 Å². The number of rotatable bonds is 53. The van der Waals surface area contributed by atoms with Crippen LogP contribution < -0.4 is 0 Å². The molecule has 1 atom stereocenters. The molecule has 62 heavy (non-hydrogen) atoms. The zero-order valence-corrected chi connectivity index (χ0v) is 42.4. The molecule has 0 aliphatic carbocycles. The van der Waals surface area contributed by atoms with E-state index in [9.17, 15) is 9.59 Å². The fraction of sp³-hybridized carbons (Fsp3) is 0.930. The van der Waals surface area contributed by atoms with Crippen molar-refractivity contribution in [2.24, 2.45) is 0 Å². The molecule has 0 radical (unpaired) electrons. The summed E-state index contributed by atoms with van der Waals surface area (Å²) in [6, 6.07) is 0. The molecule has 0 aromatic rings. The van der Waals surface area contributed by atoms with Gasteiger partial charge in [-0.3, -0.25) is 9.59 Å². The maximum absolute atomic E-state index is 12.8. The number of carbonyl (C=O) groups excluding carboxylic acids is 2. The first kappa shape index (κ1) is 60.6. The van der Waals surface area contributed by atoms with E-state index in [0.29, 0.717) is 26.1 Å². The Hall–Kier alpha value is -1.36. The first-order chi connectivity index (χ1) is 30.6. The van der Waals surface area contributed by atoms with Gasteiger partial charge in [0.05, 0.1) is 6.61 Å². The first-order valence-electron chi connectivity index (χ1n) is 28.2. The zero-order chi connectivity index (χ0) is 44.9. The summed E-state index contributed by atoms with van der Waals surface area (Å²) in [4.78, 5) is 25.4. The molecule has 1 unspecified atom stereocenters. The number of esters is 2. The second-order valence-corrected chi connectivity index (χ2v) is 19.2. The van der Waals surface area contributed by atoms with Crippen LogP contribution in [0.4, 0.5) is 0 Å². The molecule has 0 saturated carbocycles. The van der Waals surface area contributed by atoms with E-state index in [1.54, 1.807) is 0 Å². The van der Waals surface area contributed by atoms with Crippen LogP contribution in [0.5, 0.6) is 0 Å². The highest BCUT2D eigenvalue weighted by molar-refractivity contribution is 5.70. The van der Waals surface area contributed by atoms with Crippen LogP contribution in [0.15, 0.2) is 12.2 Å². The smallest absolute Gasteiger partial charge is 0.306 e. The molecule has 0 bridgehead atoms. The predicted molar refractivity (Wildman–Crippen MR) is 270 cm³/mol. The quantitative estimate of drug-likeness (QED) is 0.0346. The van der Waals surface area contributed by atoms with Crippen LogP contribution in [0.3, 0.4) is 0 Å². The van der Waals surface area contributed by atoms with Crippen molar-refractivity contribution in [3.8, 4) is 0 Å². The SMILES string of the molecule is CCCCCCCC/C=C\CCCCCCCCCCCC(=O)OCC(COCCCCCCCCCC)OC(=O)CCCCCCCCCCCCCCCCCCCCC. The maximum Gasteiger partial charge on any atom is 0.306 e. The molecule has 0 fully saturated rings. The minimum Gasteiger partial charge on any atom is -0.462 e. The Morgan fingerprint density at radius 2 is 0.629 bits per heavy atom. The predicted octanol–water partition coefficient (Wildman–Crippen LogP) is 19.0. The van der Waals surface area contributed by atoms with Crippen LogP contribution >= 0.6 is 0 Å². The minimum absolute atomic E-state index is 0.0934. The average Bonchev–Trinajstić information content (AvgIpc) is 3.27. The van der Waals surface area contributed by atoms with Gasteiger partial charge in [-0.25, -0.2) is 0 Å². The van der Waals surface area contributed by atoms with E-state index in [0.717, 1.165) is 32.1 Å². The molecule has 0 spiro atoms. The lowest BCUT2D eigenvalue weighted by Crippen LogP contribution is -2.30. The van der Waals surface area contributed by atoms with Crippen molar-refractivity contribution in [2.75, 3.05) is 19.8 Å². The normalized spacial score (nSPS) is 12.1. The summed E-state index contributed by atoms with van der Waals surface area (Å²) >= 11 is 0. The third kappa shape index (κ3) is 51.3. The van der Waals surface area contributed by atoms with Crippen molar-refractivity contribution in [2.45, 2.75) is 322 Å². The fourth-order valence-corrected chi connectivity index (χ4v) is 8.57. The van der Waals surface area contributed by atoms with Gasteiger partial charge in [0, 0.05) is 19.4 Å². The Labute approximate surface area is 388 Å². The van der Waals surface area contributed by atoms with Gasteiger partial charge in [0.15, 0.2) is 6.10 Å². The van der Waals surface area contributed by atoms with Crippen LogP contribution in [0.1, 0.15) is 316 Å². The number of carbonyl (C=O) groups is 2. The van der Waals surface area contributed by atoms with Gasteiger partial charge in [0.2, 0.25) is 0 Å². The Bertz CT molecular complexity index is 902. The Morgan fingerprint density at radius 1 is 0.339 bits per heavy atom. The standard InChI is InChI=1S/C57H110O5/c1-4-7-10-13-16-19-21-23-25-27-29-31-33-35-37-39-41-44-47-50-56(58)61-54-55(53-60-52-49-46-43-18-15-12-9-6-3)62-57(59)51-48-45-42-40-38-36-34-32-30-28-26-24-22-20-17-14-11-8-5-2/h23,25,55H,4-22,24,26-54H2,1-3H3/b25-23-. The van der Waals surface area contributed by atoms with Crippen LogP contribution in [-0.4, -0.2) is 37.9 Å². The molecule has 0 aromatic carbocycles. The summed E-state index contributed by atoms with van der Waals surface area (Å²) in [5, 5.41) is 0. The molecule has 5 heteroatoms. The molecule has 5 nitrogen and oxygen atoms in total. The molecular formula is C57H110O5.